The molecule has 0 saturated heterocycles. The Bertz CT molecular complexity index is 800. The van der Waals surface area contributed by atoms with Gasteiger partial charge >= 0.3 is 12.1 Å². The zero-order chi connectivity index (χ0) is 20.0. The van der Waals surface area contributed by atoms with Crippen LogP contribution in [0.25, 0.3) is 10.4 Å². The molecule has 0 fully saturated rings. The van der Waals surface area contributed by atoms with Gasteiger partial charge in [-0.05, 0) is 45.6 Å². The fourth-order valence-corrected chi connectivity index (χ4v) is 3.76. The normalized spacial score (nSPS) is 10.7. The molecule has 0 spiro atoms. The second-order valence-electron chi connectivity index (χ2n) is 6.04. The van der Waals surface area contributed by atoms with Gasteiger partial charge in [-0.1, -0.05) is 12.1 Å². The number of hydrogen-bond acceptors (Lipinski definition) is 7. The average molecular weight is 391 g/mol. The second kappa shape index (κ2) is 9.38. The van der Waals surface area contributed by atoms with Crippen LogP contribution in [0.4, 0.5) is 15.5 Å². The Morgan fingerprint density at radius 3 is 2.30 bits per heavy atom. The van der Waals surface area contributed by atoms with Crippen LogP contribution < -0.4 is 11.1 Å². The number of hydrogen-bond donors (Lipinski definition) is 2. The molecule has 1 aromatic heterocycles. The van der Waals surface area contributed by atoms with E-state index in [1.807, 2.05) is 31.1 Å². The minimum atomic E-state index is -0.607. The van der Waals surface area contributed by atoms with Gasteiger partial charge in [0.15, 0.2) is 0 Å². The van der Waals surface area contributed by atoms with E-state index in [1.54, 1.807) is 26.0 Å². The molecule has 0 aliphatic carbocycles. The molecule has 0 aliphatic heterocycles. The van der Waals surface area contributed by atoms with Crippen molar-refractivity contribution >= 4 is 34.1 Å². The van der Waals surface area contributed by atoms with Gasteiger partial charge < -0.3 is 20.1 Å². The van der Waals surface area contributed by atoms with Gasteiger partial charge in [0.05, 0.1) is 18.8 Å². The molecule has 146 valence electrons. The summed E-state index contributed by atoms with van der Waals surface area (Å²) in [6, 6.07) is 7.39. The first-order valence-corrected chi connectivity index (χ1v) is 9.46. The molecule has 2 rings (SSSR count). The minimum absolute atomic E-state index is 0.237. The first-order valence-electron chi connectivity index (χ1n) is 8.64. The second-order valence-corrected chi connectivity index (χ2v) is 7.06. The number of carbonyl (C=O) groups excluding carboxylic acids is 2. The third-order valence-corrected chi connectivity index (χ3v) is 4.82. The number of anilines is 2. The molecule has 0 radical (unpaired) electrons. The quantitative estimate of drug-likeness (QED) is 0.551. The fourth-order valence-electron chi connectivity index (χ4n) is 2.57. The molecule has 0 atom stereocenters. The molecule has 0 unspecified atom stereocenters. The lowest BCUT2D eigenvalue weighted by Gasteiger charge is -2.13. The standard InChI is InChI=1S/C19H25N3O4S/c1-5-25-18(23)15-14(11-22(3)4)16(12-7-9-13(20)10-8-12)27-17(15)21-19(24)26-6-2/h7-10H,5-6,11,20H2,1-4H3,(H,21,24). The van der Waals surface area contributed by atoms with Crippen LogP contribution in [-0.2, 0) is 16.0 Å². The lowest BCUT2D eigenvalue weighted by atomic mass is 10.0. The fraction of sp³-hybridized carbons (Fsp3) is 0.368. The molecule has 1 aromatic carbocycles. The molecule has 2 aromatic rings. The monoisotopic (exact) mass is 391 g/mol. The van der Waals surface area contributed by atoms with Gasteiger partial charge in [-0.2, -0.15) is 0 Å². The van der Waals surface area contributed by atoms with E-state index in [0.29, 0.717) is 22.8 Å². The first kappa shape index (κ1) is 20.7. The number of amides is 1. The molecular weight excluding hydrogens is 366 g/mol. The minimum Gasteiger partial charge on any atom is -0.462 e. The number of nitrogens with one attached hydrogen (secondary N) is 1. The third-order valence-electron chi connectivity index (χ3n) is 3.62. The van der Waals surface area contributed by atoms with Crippen molar-refractivity contribution < 1.29 is 19.1 Å². The Kier molecular flexibility index (Phi) is 7.20. The van der Waals surface area contributed by atoms with E-state index in [4.69, 9.17) is 15.2 Å². The number of benzene rings is 1. The van der Waals surface area contributed by atoms with E-state index in [2.05, 4.69) is 5.32 Å². The number of ether oxygens (including phenoxy) is 2. The Morgan fingerprint density at radius 1 is 1.11 bits per heavy atom. The zero-order valence-corrected chi connectivity index (χ0v) is 16.8. The molecule has 7 nitrogen and oxygen atoms in total. The lowest BCUT2D eigenvalue weighted by Crippen LogP contribution is -2.18. The van der Waals surface area contributed by atoms with E-state index in [0.717, 1.165) is 16.0 Å². The molecule has 3 N–H and O–H groups in total. The van der Waals surface area contributed by atoms with Crippen LogP contribution in [-0.4, -0.2) is 44.3 Å². The highest BCUT2D eigenvalue weighted by atomic mass is 32.1. The molecule has 8 heteroatoms. The van der Waals surface area contributed by atoms with Crippen LogP contribution in [0.3, 0.4) is 0 Å². The van der Waals surface area contributed by atoms with Gasteiger partial charge in [-0.3, -0.25) is 5.32 Å². The SMILES string of the molecule is CCOC(=O)Nc1sc(-c2ccc(N)cc2)c(CN(C)C)c1C(=O)OCC. The van der Waals surface area contributed by atoms with Crippen molar-refractivity contribution in [2.24, 2.45) is 0 Å². The summed E-state index contributed by atoms with van der Waals surface area (Å²) in [6.07, 6.45) is -0.607. The summed E-state index contributed by atoms with van der Waals surface area (Å²) >= 11 is 1.32. The van der Waals surface area contributed by atoms with Crippen LogP contribution in [0, 0.1) is 0 Å². The van der Waals surface area contributed by atoms with Gasteiger partial charge in [0, 0.05) is 22.7 Å². The summed E-state index contributed by atoms with van der Waals surface area (Å²) in [5, 5.41) is 3.09. The van der Waals surface area contributed by atoms with Crippen molar-refractivity contribution in [2.45, 2.75) is 20.4 Å². The summed E-state index contributed by atoms with van der Waals surface area (Å²) < 4.78 is 10.2. The molecule has 1 amide bonds. The first-order chi connectivity index (χ1) is 12.9. The van der Waals surface area contributed by atoms with Gasteiger partial charge in [-0.25, -0.2) is 9.59 Å². The van der Waals surface area contributed by atoms with Crippen LogP contribution in [0.15, 0.2) is 24.3 Å². The average Bonchev–Trinajstić information content (AvgIpc) is 2.93. The molecule has 0 bridgehead atoms. The van der Waals surface area contributed by atoms with E-state index < -0.39 is 12.1 Å². The number of nitrogen functional groups attached to an aromatic ring is 1. The Hall–Kier alpha value is -2.58. The number of thiophene rings is 1. The maximum atomic E-state index is 12.7. The number of nitrogens with zero attached hydrogens (tertiary/aromatic N) is 1. The predicted octanol–water partition coefficient (Wildman–Crippen LogP) is 3.80. The summed E-state index contributed by atoms with van der Waals surface area (Å²) in [5.41, 5.74) is 8.51. The van der Waals surface area contributed by atoms with E-state index in [-0.39, 0.29) is 13.2 Å². The summed E-state index contributed by atoms with van der Waals surface area (Å²) in [7, 11) is 3.83. The van der Waals surface area contributed by atoms with E-state index in [9.17, 15) is 9.59 Å². The van der Waals surface area contributed by atoms with Crippen LogP contribution in [0.1, 0.15) is 29.8 Å². The highest BCUT2D eigenvalue weighted by molar-refractivity contribution is 7.20. The van der Waals surface area contributed by atoms with Crippen LogP contribution in [0.2, 0.25) is 0 Å². The lowest BCUT2D eigenvalue weighted by molar-refractivity contribution is 0.0526. The zero-order valence-electron chi connectivity index (χ0n) is 16.0. The Balaban J connectivity index is 2.61. The third kappa shape index (κ3) is 5.21. The number of rotatable bonds is 7. The van der Waals surface area contributed by atoms with Crippen LogP contribution in [0.5, 0.6) is 0 Å². The van der Waals surface area contributed by atoms with Crippen molar-refractivity contribution in [1.82, 2.24) is 4.90 Å². The van der Waals surface area contributed by atoms with Crippen molar-refractivity contribution in [1.29, 1.82) is 0 Å². The Labute approximate surface area is 163 Å². The molecule has 1 heterocycles. The highest BCUT2D eigenvalue weighted by Gasteiger charge is 2.27. The topological polar surface area (TPSA) is 93.9 Å². The predicted molar refractivity (Wildman–Crippen MR) is 108 cm³/mol. The Morgan fingerprint density at radius 2 is 1.74 bits per heavy atom. The smallest absolute Gasteiger partial charge is 0.412 e. The highest BCUT2D eigenvalue weighted by Crippen LogP contribution is 2.41. The summed E-state index contributed by atoms with van der Waals surface area (Å²) in [6.45, 7) is 4.45. The molecule has 0 saturated carbocycles. The molecule has 0 aliphatic rings. The van der Waals surface area contributed by atoms with E-state index >= 15 is 0 Å². The van der Waals surface area contributed by atoms with Gasteiger partial charge in [0.2, 0.25) is 0 Å². The largest absolute Gasteiger partial charge is 0.462 e. The van der Waals surface area contributed by atoms with Gasteiger partial charge in [-0.15, -0.1) is 11.3 Å². The van der Waals surface area contributed by atoms with Crippen molar-refractivity contribution in [3.05, 3.63) is 35.4 Å². The van der Waals surface area contributed by atoms with Gasteiger partial charge in [0.1, 0.15) is 5.00 Å². The van der Waals surface area contributed by atoms with Crippen molar-refractivity contribution in [2.75, 3.05) is 38.4 Å². The van der Waals surface area contributed by atoms with Gasteiger partial charge in [0.25, 0.3) is 0 Å². The summed E-state index contributed by atoms with van der Waals surface area (Å²) in [5.74, 6) is -0.473. The van der Waals surface area contributed by atoms with Crippen molar-refractivity contribution in [3.63, 3.8) is 0 Å². The van der Waals surface area contributed by atoms with Crippen LogP contribution >= 0.6 is 11.3 Å². The summed E-state index contributed by atoms with van der Waals surface area (Å²) in [4.78, 5) is 27.5. The van der Waals surface area contributed by atoms with E-state index in [1.165, 1.54) is 11.3 Å². The number of nitrogens with two attached hydrogens (primary N) is 1. The number of carbonyl (C=O) groups is 2. The maximum Gasteiger partial charge on any atom is 0.412 e. The molecule has 27 heavy (non-hydrogen) atoms. The maximum absolute atomic E-state index is 12.7. The number of esters is 1. The van der Waals surface area contributed by atoms with Crippen molar-refractivity contribution in [3.8, 4) is 10.4 Å². The molecular formula is C19H25N3O4S.